The Balaban J connectivity index is 1.41. The second kappa shape index (κ2) is 9.58. The highest BCUT2D eigenvalue weighted by Gasteiger charge is 2.33. The molecule has 0 fully saturated rings. The molecule has 0 saturated heterocycles. The number of carbonyl (C=O) groups excluding carboxylic acids is 2. The molecule has 3 heterocycles. The van der Waals surface area contributed by atoms with Gasteiger partial charge >= 0.3 is 0 Å². The minimum atomic E-state index is -0.0300. The Morgan fingerprint density at radius 1 is 1.07 bits per heavy atom. The standard InChI is InChI=1S/C24H25NO3S2/c1-2-14-28-18-7-5-17(6-8-18)20(26)9-10-23(27)25-13-11-21-19(12-16-30-21)24(25)22-4-3-15-29-22/h3-8,12,15-16,24H,2,9-11,13-14H2,1H3. The van der Waals surface area contributed by atoms with Crippen molar-refractivity contribution >= 4 is 34.4 Å². The maximum absolute atomic E-state index is 13.1. The maximum atomic E-state index is 13.1. The van der Waals surface area contributed by atoms with E-state index in [1.54, 1.807) is 34.8 Å². The van der Waals surface area contributed by atoms with Crippen LogP contribution in [0.2, 0.25) is 0 Å². The number of fused-ring (bicyclic) bond motifs is 1. The fourth-order valence-corrected chi connectivity index (χ4v) is 5.56. The summed E-state index contributed by atoms with van der Waals surface area (Å²) in [6.07, 6.45) is 2.28. The third-order valence-corrected chi connectivity index (χ3v) is 7.24. The molecule has 1 unspecified atom stereocenters. The van der Waals surface area contributed by atoms with E-state index < -0.39 is 0 Å². The first kappa shape index (κ1) is 20.8. The highest BCUT2D eigenvalue weighted by atomic mass is 32.1. The number of benzene rings is 1. The van der Waals surface area contributed by atoms with Gasteiger partial charge in [0.25, 0.3) is 0 Å². The van der Waals surface area contributed by atoms with Gasteiger partial charge in [0.2, 0.25) is 5.91 Å². The molecule has 0 saturated carbocycles. The van der Waals surface area contributed by atoms with Crippen LogP contribution in [0.15, 0.2) is 53.2 Å². The summed E-state index contributed by atoms with van der Waals surface area (Å²) in [5.74, 6) is 0.802. The first-order chi connectivity index (χ1) is 14.7. The first-order valence-electron chi connectivity index (χ1n) is 10.3. The highest BCUT2D eigenvalue weighted by molar-refractivity contribution is 7.10. The molecule has 4 nitrogen and oxygen atoms in total. The number of ketones is 1. The van der Waals surface area contributed by atoms with E-state index in [-0.39, 0.29) is 30.6 Å². The van der Waals surface area contributed by atoms with Gasteiger partial charge in [-0.1, -0.05) is 13.0 Å². The lowest BCUT2D eigenvalue weighted by Gasteiger charge is -2.35. The number of amides is 1. The molecule has 3 aromatic rings. The van der Waals surface area contributed by atoms with E-state index >= 15 is 0 Å². The molecule has 1 aliphatic rings. The van der Waals surface area contributed by atoms with Crippen LogP contribution in [-0.2, 0) is 11.2 Å². The summed E-state index contributed by atoms with van der Waals surface area (Å²) in [7, 11) is 0. The zero-order chi connectivity index (χ0) is 20.9. The number of Topliss-reactive ketones (excluding diaryl/α,β-unsaturated/α-hetero) is 1. The molecule has 4 rings (SSSR count). The topological polar surface area (TPSA) is 46.6 Å². The van der Waals surface area contributed by atoms with E-state index in [0.29, 0.717) is 18.7 Å². The predicted octanol–water partition coefficient (Wildman–Crippen LogP) is 5.74. The largest absolute Gasteiger partial charge is 0.494 e. The smallest absolute Gasteiger partial charge is 0.223 e. The van der Waals surface area contributed by atoms with Crippen LogP contribution in [-0.4, -0.2) is 29.7 Å². The minimum Gasteiger partial charge on any atom is -0.494 e. The molecule has 0 N–H and O–H groups in total. The highest BCUT2D eigenvalue weighted by Crippen LogP contribution is 2.39. The van der Waals surface area contributed by atoms with Gasteiger partial charge in [-0.2, -0.15) is 0 Å². The molecule has 0 radical (unpaired) electrons. The average Bonchev–Trinajstić information content (AvgIpc) is 3.47. The Kier molecular flexibility index (Phi) is 6.65. The number of hydrogen-bond acceptors (Lipinski definition) is 5. The monoisotopic (exact) mass is 439 g/mol. The molecule has 0 bridgehead atoms. The van der Waals surface area contributed by atoms with Crippen molar-refractivity contribution in [1.29, 1.82) is 0 Å². The van der Waals surface area contributed by atoms with Gasteiger partial charge in [-0.25, -0.2) is 0 Å². The summed E-state index contributed by atoms with van der Waals surface area (Å²) >= 11 is 3.44. The van der Waals surface area contributed by atoms with Gasteiger partial charge < -0.3 is 9.64 Å². The van der Waals surface area contributed by atoms with E-state index in [0.717, 1.165) is 18.6 Å². The Labute approximate surface area is 185 Å². The van der Waals surface area contributed by atoms with E-state index in [9.17, 15) is 9.59 Å². The second-order valence-corrected chi connectivity index (χ2v) is 9.33. The molecule has 156 valence electrons. The second-order valence-electron chi connectivity index (χ2n) is 7.35. The van der Waals surface area contributed by atoms with Gasteiger partial charge in [0, 0.05) is 34.7 Å². The van der Waals surface area contributed by atoms with Gasteiger partial charge in [0.05, 0.1) is 12.6 Å². The molecule has 6 heteroatoms. The zero-order valence-electron chi connectivity index (χ0n) is 17.0. The van der Waals surface area contributed by atoms with Crippen LogP contribution in [0.5, 0.6) is 5.75 Å². The zero-order valence-corrected chi connectivity index (χ0v) is 18.6. The van der Waals surface area contributed by atoms with Crippen molar-refractivity contribution in [2.45, 2.75) is 38.6 Å². The van der Waals surface area contributed by atoms with Crippen LogP contribution < -0.4 is 4.74 Å². The van der Waals surface area contributed by atoms with Crippen molar-refractivity contribution < 1.29 is 14.3 Å². The lowest BCUT2D eigenvalue weighted by molar-refractivity contribution is -0.133. The van der Waals surface area contributed by atoms with Gasteiger partial charge in [-0.05, 0) is 65.6 Å². The van der Waals surface area contributed by atoms with Crippen molar-refractivity contribution in [1.82, 2.24) is 4.90 Å². The first-order valence-corrected chi connectivity index (χ1v) is 12.1. The maximum Gasteiger partial charge on any atom is 0.223 e. The van der Waals surface area contributed by atoms with Crippen molar-refractivity contribution in [3.8, 4) is 5.75 Å². The van der Waals surface area contributed by atoms with Crippen molar-refractivity contribution in [2.24, 2.45) is 0 Å². The molecular formula is C24H25NO3S2. The van der Waals surface area contributed by atoms with Gasteiger partial charge in [-0.15, -0.1) is 22.7 Å². The predicted molar refractivity (Wildman–Crippen MR) is 122 cm³/mol. The molecular weight excluding hydrogens is 414 g/mol. The summed E-state index contributed by atoms with van der Waals surface area (Å²) < 4.78 is 5.57. The van der Waals surface area contributed by atoms with Crippen LogP contribution in [0.25, 0.3) is 0 Å². The Morgan fingerprint density at radius 2 is 1.90 bits per heavy atom. The van der Waals surface area contributed by atoms with Gasteiger partial charge in [0.15, 0.2) is 5.78 Å². The molecule has 0 spiro atoms. The van der Waals surface area contributed by atoms with E-state index in [2.05, 4.69) is 29.8 Å². The molecule has 1 amide bonds. The number of rotatable bonds is 8. The lowest BCUT2D eigenvalue weighted by Crippen LogP contribution is -2.39. The number of thiophene rings is 2. The quantitative estimate of drug-likeness (QED) is 0.421. The SMILES string of the molecule is CCCOc1ccc(C(=O)CCC(=O)N2CCc3sccc3C2c2cccs2)cc1. The number of nitrogens with zero attached hydrogens (tertiary/aromatic N) is 1. The summed E-state index contributed by atoms with van der Waals surface area (Å²) in [5.41, 5.74) is 1.86. The fraction of sp³-hybridized carbons (Fsp3) is 0.333. The fourth-order valence-electron chi connectivity index (χ4n) is 3.80. The molecule has 1 atom stereocenters. The summed E-state index contributed by atoms with van der Waals surface area (Å²) in [6, 6.07) is 13.4. The van der Waals surface area contributed by atoms with Crippen LogP contribution >= 0.6 is 22.7 Å². The lowest BCUT2D eigenvalue weighted by atomic mass is 9.97. The van der Waals surface area contributed by atoms with Gasteiger partial charge in [0.1, 0.15) is 5.75 Å². The third-order valence-electron chi connectivity index (χ3n) is 5.31. The molecule has 0 aliphatic carbocycles. The summed E-state index contributed by atoms with van der Waals surface area (Å²) in [4.78, 5) is 30.2. The Hall–Kier alpha value is -2.44. The Bertz CT molecular complexity index is 992. The van der Waals surface area contributed by atoms with Crippen LogP contribution in [0.4, 0.5) is 0 Å². The van der Waals surface area contributed by atoms with E-state index in [1.807, 2.05) is 23.1 Å². The average molecular weight is 440 g/mol. The van der Waals surface area contributed by atoms with Crippen LogP contribution in [0, 0.1) is 0 Å². The summed E-state index contributed by atoms with van der Waals surface area (Å²) in [6.45, 7) is 3.42. The number of ether oxygens (including phenoxy) is 1. The van der Waals surface area contributed by atoms with Crippen molar-refractivity contribution in [2.75, 3.05) is 13.2 Å². The minimum absolute atomic E-state index is 0.00806. The third kappa shape index (κ3) is 4.50. The van der Waals surface area contributed by atoms with Gasteiger partial charge in [-0.3, -0.25) is 9.59 Å². The van der Waals surface area contributed by atoms with E-state index in [4.69, 9.17) is 4.74 Å². The number of carbonyl (C=O) groups is 2. The molecule has 2 aromatic heterocycles. The normalized spacial score (nSPS) is 15.6. The summed E-state index contributed by atoms with van der Waals surface area (Å²) in [5, 5.41) is 4.16. The van der Waals surface area contributed by atoms with Crippen LogP contribution in [0.1, 0.15) is 57.9 Å². The molecule has 30 heavy (non-hydrogen) atoms. The van der Waals surface area contributed by atoms with Crippen LogP contribution in [0.3, 0.4) is 0 Å². The molecule has 1 aromatic carbocycles. The molecule has 1 aliphatic heterocycles. The number of hydrogen-bond donors (Lipinski definition) is 0. The Morgan fingerprint density at radius 3 is 2.63 bits per heavy atom. The van der Waals surface area contributed by atoms with Crippen molar-refractivity contribution in [3.05, 3.63) is 74.1 Å². The van der Waals surface area contributed by atoms with Crippen molar-refractivity contribution in [3.63, 3.8) is 0 Å². The van der Waals surface area contributed by atoms with E-state index in [1.165, 1.54) is 15.3 Å².